The van der Waals surface area contributed by atoms with Gasteiger partial charge in [-0.1, -0.05) is 54.1 Å². The molecule has 0 bridgehead atoms. The fourth-order valence-electron chi connectivity index (χ4n) is 3.91. The number of hydrogen-bond acceptors (Lipinski definition) is 2. The zero-order chi connectivity index (χ0) is 18.7. The Morgan fingerprint density at radius 1 is 1.08 bits per heavy atom. The number of carbonyl (C=O) groups excluding carboxylic acids is 1. The fraction of sp³-hybridized carbons (Fsp3) is 0.409. The van der Waals surface area contributed by atoms with E-state index >= 15 is 0 Å². The highest BCUT2D eigenvalue weighted by molar-refractivity contribution is 6.34. The van der Waals surface area contributed by atoms with E-state index in [0.717, 1.165) is 24.2 Å². The molecule has 3 rings (SSSR count). The van der Waals surface area contributed by atoms with Gasteiger partial charge in [0, 0.05) is 5.54 Å². The van der Waals surface area contributed by atoms with Crippen LogP contribution in [0, 0.1) is 6.92 Å². The van der Waals surface area contributed by atoms with Gasteiger partial charge in [0.2, 0.25) is 0 Å². The fourth-order valence-corrected chi connectivity index (χ4v) is 4.22. The average Bonchev–Trinajstić information content (AvgIpc) is 3.15. The summed E-state index contributed by atoms with van der Waals surface area (Å²) in [4.78, 5) is 15.6. The van der Waals surface area contributed by atoms with Crippen molar-refractivity contribution in [2.24, 2.45) is 0 Å². The van der Waals surface area contributed by atoms with Crippen LogP contribution in [0.4, 0.5) is 0 Å². The number of nitrogens with zero attached hydrogens (tertiary/aromatic N) is 1. The van der Waals surface area contributed by atoms with Crippen LogP contribution in [0.5, 0.6) is 0 Å². The van der Waals surface area contributed by atoms with Gasteiger partial charge in [-0.2, -0.15) is 0 Å². The number of halogens is 1. The first kappa shape index (κ1) is 18.9. The number of carbonyl (C=O) groups is 1. The molecule has 0 aliphatic carbocycles. The molecule has 26 heavy (non-hydrogen) atoms. The number of hydrogen-bond donors (Lipinski definition) is 1. The highest BCUT2D eigenvalue weighted by Gasteiger charge is 2.38. The molecule has 4 heteroatoms. The Bertz CT molecular complexity index is 747. The molecule has 1 N–H and O–H groups in total. The van der Waals surface area contributed by atoms with E-state index in [1.165, 1.54) is 12.8 Å². The lowest BCUT2D eigenvalue weighted by Crippen LogP contribution is -2.52. The van der Waals surface area contributed by atoms with Crippen molar-refractivity contribution < 1.29 is 4.79 Å². The molecule has 2 aromatic carbocycles. The van der Waals surface area contributed by atoms with Gasteiger partial charge in [0.15, 0.2) is 0 Å². The van der Waals surface area contributed by atoms with E-state index in [1.807, 2.05) is 37.3 Å². The van der Waals surface area contributed by atoms with Gasteiger partial charge in [0.05, 0.1) is 16.6 Å². The third-order valence-electron chi connectivity index (χ3n) is 5.48. The first-order valence-electron chi connectivity index (χ1n) is 9.27. The van der Waals surface area contributed by atoms with Crippen LogP contribution >= 0.6 is 11.6 Å². The van der Waals surface area contributed by atoms with Crippen LogP contribution in [0.3, 0.4) is 0 Å². The lowest BCUT2D eigenvalue weighted by molar-refractivity contribution is 0.0778. The maximum absolute atomic E-state index is 13.1. The zero-order valence-electron chi connectivity index (χ0n) is 15.8. The summed E-state index contributed by atoms with van der Waals surface area (Å²) in [7, 11) is 0. The molecule has 1 unspecified atom stereocenters. The Morgan fingerprint density at radius 2 is 1.73 bits per heavy atom. The van der Waals surface area contributed by atoms with Crippen LogP contribution < -0.4 is 5.32 Å². The monoisotopic (exact) mass is 370 g/mol. The maximum atomic E-state index is 13.1. The Morgan fingerprint density at radius 3 is 2.35 bits per heavy atom. The van der Waals surface area contributed by atoms with Crippen molar-refractivity contribution in [1.82, 2.24) is 10.2 Å². The molecule has 3 nitrogen and oxygen atoms in total. The molecule has 1 aliphatic heterocycles. The van der Waals surface area contributed by atoms with Gasteiger partial charge in [-0.05, 0) is 63.9 Å². The SMILES string of the molecule is Cc1cccc(Cl)c1C(=O)NC(c1ccccc1)C(C)(C)N1CCCC1. The number of benzene rings is 2. The van der Waals surface area contributed by atoms with Crippen LogP contribution in [0.1, 0.15) is 54.2 Å². The molecule has 1 aliphatic rings. The quantitative estimate of drug-likeness (QED) is 0.803. The van der Waals surface area contributed by atoms with Crippen molar-refractivity contribution in [3.8, 4) is 0 Å². The minimum absolute atomic E-state index is 0.116. The summed E-state index contributed by atoms with van der Waals surface area (Å²) in [6.07, 6.45) is 2.42. The third-order valence-corrected chi connectivity index (χ3v) is 5.80. The summed E-state index contributed by atoms with van der Waals surface area (Å²) in [6, 6.07) is 15.7. The van der Waals surface area contributed by atoms with Gasteiger partial charge in [0.25, 0.3) is 5.91 Å². The minimum Gasteiger partial charge on any atom is -0.343 e. The van der Waals surface area contributed by atoms with E-state index in [4.69, 9.17) is 11.6 Å². The van der Waals surface area contributed by atoms with E-state index in [2.05, 4.69) is 36.2 Å². The molecule has 1 heterocycles. The summed E-state index contributed by atoms with van der Waals surface area (Å²) in [5.74, 6) is -0.116. The van der Waals surface area contributed by atoms with Crippen molar-refractivity contribution in [2.75, 3.05) is 13.1 Å². The van der Waals surface area contributed by atoms with Crippen LogP contribution in [0.2, 0.25) is 5.02 Å². The highest BCUT2D eigenvalue weighted by atomic mass is 35.5. The molecule has 138 valence electrons. The number of aryl methyl sites for hydroxylation is 1. The Labute approximate surface area is 161 Å². The van der Waals surface area contributed by atoms with Gasteiger partial charge >= 0.3 is 0 Å². The van der Waals surface area contributed by atoms with Crippen molar-refractivity contribution in [2.45, 2.75) is 45.2 Å². The molecule has 1 fully saturated rings. The Hall–Kier alpha value is -1.84. The van der Waals surface area contributed by atoms with E-state index < -0.39 is 0 Å². The number of rotatable bonds is 5. The summed E-state index contributed by atoms with van der Waals surface area (Å²) in [5, 5.41) is 3.78. The van der Waals surface area contributed by atoms with Crippen molar-refractivity contribution >= 4 is 17.5 Å². The first-order chi connectivity index (χ1) is 12.4. The molecular weight excluding hydrogens is 344 g/mol. The van der Waals surface area contributed by atoms with Gasteiger partial charge in [-0.15, -0.1) is 0 Å². The second kappa shape index (κ2) is 7.81. The molecule has 0 aromatic heterocycles. The summed E-state index contributed by atoms with van der Waals surface area (Å²) < 4.78 is 0. The summed E-state index contributed by atoms with van der Waals surface area (Å²) in [6.45, 7) is 8.49. The van der Waals surface area contributed by atoms with E-state index in [0.29, 0.717) is 10.6 Å². The smallest absolute Gasteiger partial charge is 0.253 e. The molecule has 0 radical (unpaired) electrons. The molecule has 0 spiro atoms. The predicted molar refractivity (Wildman–Crippen MR) is 108 cm³/mol. The Kier molecular flexibility index (Phi) is 5.69. The first-order valence-corrected chi connectivity index (χ1v) is 9.65. The minimum atomic E-state index is -0.192. The van der Waals surface area contributed by atoms with Crippen molar-refractivity contribution in [3.05, 3.63) is 70.2 Å². The second-order valence-corrected chi connectivity index (χ2v) is 8.00. The molecule has 2 aromatic rings. The third kappa shape index (κ3) is 3.79. The molecule has 1 saturated heterocycles. The molecule has 1 atom stereocenters. The standard InChI is InChI=1S/C22H27ClN2O/c1-16-10-9-13-18(23)19(16)21(26)24-20(17-11-5-4-6-12-17)22(2,3)25-14-7-8-15-25/h4-6,9-13,20H,7-8,14-15H2,1-3H3,(H,24,26). The maximum Gasteiger partial charge on any atom is 0.253 e. The second-order valence-electron chi connectivity index (χ2n) is 7.60. The van der Waals surface area contributed by atoms with E-state index in [1.54, 1.807) is 6.07 Å². The Balaban J connectivity index is 1.95. The van der Waals surface area contributed by atoms with E-state index in [9.17, 15) is 4.79 Å². The lowest BCUT2D eigenvalue weighted by Gasteiger charge is -2.42. The molecular formula is C22H27ClN2O. The van der Waals surface area contributed by atoms with Crippen molar-refractivity contribution in [1.29, 1.82) is 0 Å². The highest BCUT2D eigenvalue weighted by Crippen LogP contribution is 2.34. The largest absolute Gasteiger partial charge is 0.343 e. The van der Waals surface area contributed by atoms with E-state index in [-0.39, 0.29) is 17.5 Å². The lowest BCUT2D eigenvalue weighted by atomic mass is 9.86. The topological polar surface area (TPSA) is 32.3 Å². The van der Waals surface area contributed by atoms with Crippen LogP contribution in [-0.4, -0.2) is 29.4 Å². The van der Waals surface area contributed by atoms with Gasteiger partial charge in [0.1, 0.15) is 0 Å². The van der Waals surface area contributed by atoms with Crippen molar-refractivity contribution in [3.63, 3.8) is 0 Å². The van der Waals surface area contributed by atoms with Crippen LogP contribution in [0.25, 0.3) is 0 Å². The van der Waals surface area contributed by atoms with Crippen LogP contribution in [0.15, 0.2) is 48.5 Å². The average molecular weight is 371 g/mol. The van der Waals surface area contributed by atoms with Crippen LogP contribution in [-0.2, 0) is 0 Å². The predicted octanol–water partition coefficient (Wildman–Crippen LogP) is 4.99. The number of likely N-dealkylation sites (tertiary alicyclic amines) is 1. The van der Waals surface area contributed by atoms with Gasteiger partial charge < -0.3 is 5.32 Å². The van der Waals surface area contributed by atoms with Gasteiger partial charge in [-0.3, -0.25) is 9.69 Å². The normalized spacial score (nSPS) is 16.5. The zero-order valence-corrected chi connectivity index (χ0v) is 16.5. The number of nitrogens with one attached hydrogen (secondary N) is 1. The molecule has 0 saturated carbocycles. The number of amides is 1. The molecule has 1 amide bonds. The summed E-state index contributed by atoms with van der Waals surface area (Å²) in [5.41, 5.74) is 2.37. The summed E-state index contributed by atoms with van der Waals surface area (Å²) >= 11 is 6.32. The van der Waals surface area contributed by atoms with Gasteiger partial charge in [-0.25, -0.2) is 0 Å².